The highest BCUT2D eigenvalue weighted by atomic mass is 79.9. The molecule has 3 amide bonds. The first-order chi connectivity index (χ1) is 18.5. The van der Waals surface area contributed by atoms with Gasteiger partial charge in [-0.1, -0.05) is 34.1 Å². The second kappa shape index (κ2) is 12.1. The largest absolute Gasteiger partial charge is 0.326 e. The summed E-state index contributed by atoms with van der Waals surface area (Å²) < 4.78 is 29.3. The lowest BCUT2D eigenvalue weighted by Crippen LogP contribution is -2.39. The molecule has 1 fully saturated rings. The molecule has 1 aliphatic rings. The molecule has 0 aliphatic carbocycles. The fourth-order valence-corrected chi connectivity index (χ4v) is 6.21. The Bertz CT molecular complexity index is 1450. The molecule has 4 rings (SSSR count). The second-order valence-electron chi connectivity index (χ2n) is 9.60. The smallest absolute Gasteiger partial charge is 0.264 e. The van der Waals surface area contributed by atoms with Crippen LogP contribution < -0.4 is 9.62 Å². The normalized spacial score (nSPS) is 13.9. The van der Waals surface area contributed by atoms with E-state index in [0.29, 0.717) is 30.6 Å². The van der Waals surface area contributed by atoms with Gasteiger partial charge in [-0.3, -0.25) is 23.6 Å². The maximum Gasteiger partial charge on any atom is 0.264 e. The first-order valence-corrected chi connectivity index (χ1v) is 14.8. The van der Waals surface area contributed by atoms with Crippen molar-refractivity contribution in [1.29, 1.82) is 0 Å². The van der Waals surface area contributed by atoms with E-state index in [-0.39, 0.29) is 42.1 Å². The Morgan fingerprint density at radius 3 is 2.10 bits per heavy atom. The van der Waals surface area contributed by atoms with E-state index in [4.69, 9.17) is 0 Å². The van der Waals surface area contributed by atoms with Crippen LogP contribution in [0.25, 0.3) is 0 Å². The number of carbonyl (C=O) groups is 3. The summed E-state index contributed by atoms with van der Waals surface area (Å²) in [6.45, 7) is 3.94. The van der Waals surface area contributed by atoms with E-state index in [1.54, 1.807) is 48.5 Å². The number of benzene rings is 3. The van der Waals surface area contributed by atoms with E-state index in [1.807, 2.05) is 19.9 Å². The molecule has 0 bridgehead atoms. The Labute approximate surface area is 237 Å². The monoisotopic (exact) mass is 611 g/mol. The maximum atomic E-state index is 13.6. The van der Waals surface area contributed by atoms with Crippen LogP contribution in [0.3, 0.4) is 0 Å². The van der Waals surface area contributed by atoms with Crippen molar-refractivity contribution in [1.82, 2.24) is 4.90 Å². The Balaban J connectivity index is 1.46. The van der Waals surface area contributed by atoms with Gasteiger partial charge in [-0.15, -0.1) is 0 Å². The molecule has 10 heteroatoms. The van der Waals surface area contributed by atoms with Crippen LogP contribution in [0.1, 0.15) is 42.4 Å². The predicted octanol–water partition coefficient (Wildman–Crippen LogP) is 5.33. The summed E-state index contributed by atoms with van der Waals surface area (Å²) in [6.07, 6.45) is 1.26. The molecule has 0 saturated carbocycles. The summed E-state index contributed by atoms with van der Waals surface area (Å²) in [6, 6.07) is 18.8. The van der Waals surface area contributed by atoms with Gasteiger partial charge in [0.1, 0.15) is 0 Å². The summed E-state index contributed by atoms with van der Waals surface area (Å²) in [5, 5.41) is 2.80. The molecule has 0 aromatic heterocycles. The molecule has 1 saturated heterocycles. The summed E-state index contributed by atoms with van der Waals surface area (Å²) >= 11 is 3.34. The third kappa shape index (κ3) is 7.13. The van der Waals surface area contributed by atoms with Crippen LogP contribution in [-0.2, 0) is 31.0 Å². The van der Waals surface area contributed by atoms with Crippen molar-refractivity contribution in [2.24, 2.45) is 0 Å². The summed E-state index contributed by atoms with van der Waals surface area (Å²) in [4.78, 5) is 38.4. The number of amides is 3. The fraction of sp³-hybridized carbons (Fsp3) is 0.276. The number of carbonyl (C=O) groups excluding carboxylic acids is 3. The molecule has 1 aliphatic heterocycles. The molecule has 3 aromatic rings. The third-order valence-corrected chi connectivity index (χ3v) is 8.77. The lowest BCUT2D eigenvalue weighted by Gasteiger charge is -2.25. The summed E-state index contributed by atoms with van der Waals surface area (Å²) in [5.74, 6) is -0.685. The maximum absolute atomic E-state index is 13.6. The number of hydrogen-bond donors (Lipinski definition) is 1. The number of likely N-dealkylation sites (tertiary alicyclic amines) is 1. The Kier molecular flexibility index (Phi) is 8.87. The number of anilines is 2. The number of aryl methyl sites for hydroxylation is 2. The van der Waals surface area contributed by atoms with Crippen LogP contribution in [0.2, 0.25) is 0 Å². The Morgan fingerprint density at radius 2 is 1.51 bits per heavy atom. The lowest BCUT2D eigenvalue weighted by molar-refractivity contribution is -0.148. The highest BCUT2D eigenvalue weighted by Gasteiger charge is 2.27. The quantitative estimate of drug-likeness (QED) is 0.329. The molecular weight excluding hydrogens is 582 g/mol. The van der Waals surface area contributed by atoms with E-state index in [2.05, 4.69) is 21.2 Å². The van der Waals surface area contributed by atoms with Gasteiger partial charge in [-0.05, 0) is 85.5 Å². The van der Waals surface area contributed by atoms with Crippen molar-refractivity contribution in [2.75, 3.05) is 16.2 Å². The molecule has 3 aromatic carbocycles. The fourth-order valence-electron chi connectivity index (χ4n) is 4.50. The summed E-state index contributed by atoms with van der Waals surface area (Å²) in [7, 11) is -3.93. The van der Waals surface area contributed by atoms with Crippen LogP contribution in [0.5, 0.6) is 0 Å². The highest BCUT2D eigenvalue weighted by molar-refractivity contribution is 9.10. The summed E-state index contributed by atoms with van der Waals surface area (Å²) in [5.41, 5.74) is 3.64. The molecule has 204 valence electrons. The average molecular weight is 613 g/mol. The number of nitrogens with one attached hydrogen (secondary N) is 1. The molecule has 1 N–H and O–H groups in total. The average Bonchev–Trinajstić information content (AvgIpc) is 2.87. The van der Waals surface area contributed by atoms with Gasteiger partial charge in [0.05, 0.1) is 17.1 Å². The van der Waals surface area contributed by atoms with E-state index in [1.165, 1.54) is 21.3 Å². The topological polar surface area (TPSA) is 104 Å². The second-order valence-corrected chi connectivity index (χ2v) is 12.4. The molecule has 0 spiro atoms. The molecule has 8 nitrogen and oxygen atoms in total. The zero-order valence-corrected chi connectivity index (χ0v) is 24.2. The Hall–Kier alpha value is -3.50. The van der Waals surface area contributed by atoms with Gasteiger partial charge in [-0.25, -0.2) is 8.42 Å². The standard InChI is InChI=1S/C29H30BrN3O5S/c1-20-16-21(2)18-25(17-20)33(39(37,38)26-12-8-23(30)9-13-26)15-14-27(34)31-24-10-6-22(7-11-24)19-32-28(35)4-3-5-29(32)36/h6-13,16-18H,3-5,14-15,19H2,1-2H3,(H,31,34). The highest BCUT2D eigenvalue weighted by Crippen LogP contribution is 2.27. The van der Waals surface area contributed by atoms with Gasteiger partial charge in [-0.2, -0.15) is 0 Å². The molecule has 0 atom stereocenters. The van der Waals surface area contributed by atoms with Crippen LogP contribution in [-0.4, -0.2) is 37.6 Å². The van der Waals surface area contributed by atoms with E-state index >= 15 is 0 Å². The van der Waals surface area contributed by atoms with Gasteiger partial charge in [0.15, 0.2) is 0 Å². The number of halogens is 1. The minimum Gasteiger partial charge on any atom is -0.326 e. The number of rotatable bonds is 9. The van der Waals surface area contributed by atoms with E-state index in [0.717, 1.165) is 21.2 Å². The van der Waals surface area contributed by atoms with Gasteiger partial charge in [0.25, 0.3) is 10.0 Å². The zero-order valence-electron chi connectivity index (χ0n) is 21.8. The minimum atomic E-state index is -3.93. The van der Waals surface area contributed by atoms with Crippen molar-refractivity contribution in [3.05, 3.63) is 87.9 Å². The van der Waals surface area contributed by atoms with Crippen molar-refractivity contribution >= 4 is 55.0 Å². The van der Waals surface area contributed by atoms with Crippen molar-refractivity contribution in [3.8, 4) is 0 Å². The first-order valence-electron chi connectivity index (χ1n) is 12.6. The van der Waals surface area contributed by atoms with Crippen LogP contribution in [0.15, 0.2) is 76.1 Å². The van der Waals surface area contributed by atoms with Gasteiger partial charge < -0.3 is 5.32 Å². The lowest BCUT2D eigenvalue weighted by atomic mass is 10.1. The van der Waals surface area contributed by atoms with E-state index in [9.17, 15) is 22.8 Å². The first kappa shape index (κ1) is 28.5. The number of piperidine rings is 1. The van der Waals surface area contributed by atoms with Crippen LogP contribution >= 0.6 is 15.9 Å². The third-order valence-electron chi connectivity index (χ3n) is 6.40. The molecule has 0 radical (unpaired) electrons. The van der Waals surface area contributed by atoms with Crippen LogP contribution in [0, 0.1) is 13.8 Å². The SMILES string of the molecule is Cc1cc(C)cc(N(CCC(=O)Nc2ccc(CN3C(=O)CCCC3=O)cc2)S(=O)(=O)c2ccc(Br)cc2)c1. The van der Waals surface area contributed by atoms with Crippen molar-refractivity contribution in [2.45, 2.75) is 51.0 Å². The predicted molar refractivity (Wildman–Crippen MR) is 154 cm³/mol. The van der Waals surface area contributed by atoms with Gasteiger partial charge in [0.2, 0.25) is 17.7 Å². The molecule has 1 heterocycles. The number of nitrogens with zero attached hydrogens (tertiary/aromatic N) is 2. The van der Waals surface area contributed by atoms with Gasteiger partial charge >= 0.3 is 0 Å². The molecule has 39 heavy (non-hydrogen) atoms. The van der Waals surface area contributed by atoms with Crippen molar-refractivity contribution < 1.29 is 22.8 Å². The number of hydrogen-bond acceptors (Lipinski definition) is 5. The molecular formula is C29H30BrN3O5S. The Morgan fingerprint density at radius 1 is 0.923 bits per heavy atom. The van der Waals surface area contributed by atoms with Crippen LogP contribution in [0.4, 0.5) is 11.4 Å². The molecule has 0 unspecified atom stereocenters. The van der Waals surface area contributed by atoms with Gasteiger partial charge in [0, 0.05) is 36.0 Å². The minimum absolute atomic E-state index is 0.0512. The van der Waals surface area contributed by atoms with E-state index < -0.39 is 10.0 Å². The number of imide groups is 1. The zero-order chi connectivity index (χ0) is 28.2. The van der Waals surface area contributed by atoms with Crippen molar-refractivity contribution in [3.63, 3.8) is 0 Å². The number of sulfonamides is 1.